The topological polar surface area (TPSA) is 105 Å². The van der Waals surface area contributed by atoms with E-state index < -0.39 is 41.5 Å². The second-order valence-corrected chi connectivity index (χ2v) is 10.3. The summed E-state index contributed by atoms with van der Waals surface area (Å²) in [6, 6.07) is 5.98. The molecular weight excluding hydrogens is 516 g/mol. The summed E-state index contributed by atoms with van der Waals surface area (Å²) in [6.45, 7) is 2.31. The zero-order valence-corrected chi connectivity index (χ0v) is 20.7. The van der Waals surface area contributed by atoms with Crippen molar-refractivity contribution in [3.8, 4) is 0 Å². The zero-order valence-electron chi connectivity index (χ0n) is 18.3. The Morgan fingerprint density at radius 3 is 2.79 bits per heavy atom. The van der Waals surface area contributed by atoms with Crippen LogP contribution in [0.2, 0.25) is 5.02 Å². The van der Waals surface area contributed by atoms with Gasteiger partial charge in [0.15, 0.2) is 0 Å². The Hall–Kier alpha value is -1.68. The number of esters is 1. The lowest BCUT2D eigenvalue weighted by Crippen LogP contribution is -2.54. The lowest BCUT2D eigenvalue weighted by molar-refractivity contribution is -0.154. The van der Waals surface area contributed by atoms with Gasteiger partial charge in [-0.25, -0.2) is 0 Å². The van der Waals surface area contributed by atoms with Crippen LogP contribution in [0.4, 0.5) is 5.69 Å². The number of carbonyl (C=O) groups excluding carboxylic acids is 3. The molecule has 2 N–H and O–H groups in total. The van der Waals surface area contributed by atoms with Crippen LogP contribution < -0.4 is 5.32 Å². The smallest absolute Gasteiger partial charge is 0.312 e. The third kappa shape index (κ3) is 4.17. The van der Waals surface area contributed by atoms with Gasteiger partial charge in [0, 0.05) is 18.0 Å². The summed E-state index contributed by atoms with van der Waals surface area (Å²) >= 11 is 9.86. The number of fused-ring (bicyclic) bond motifs is 1. The zero-order chi connectivity index (χ0) is 23.8. The van der Waals surface area contributed by atoms with Crippen LogP contribution in [0, 0.1) is 11.8 Å². The molecule has 0 radical (unpaired) electrons. The molecule has 0 aromatic heterocycles. The summed E-state index contributed by atoms with van der Waals surface area (Å²) in [4.78, 5) is 41.5. The number of hydrogen-bond donors (Lipinski definition) is 2. The SMILES string of the molecule is CCOC(=O)[C@H]1[C@@H]2OC3(CC2Br)C(C(=O)Nc2ccccc2Cl)N(CCCCCO)C(=O)[C@H]13. The van der Waals surface area contributed by atoms with E-state index in [1.807, 2.05) is 0 Å². The van der Waals surface area contributed by atoms with Crippen LogP contribution in [0.25, 0.3) is 0 Å². The van der Waals surface area contributed by atoms with Gasteiger partial charge in [0.1, 0.15) is 11.6 Å². The van der Waals surface area contributed by atoms with Crippen molar-refractivity contribution in [2.75, 3.05) is 25.1 Å². The number of ether oxygens (including phenoxy) is 2. The second-order valence-electron chi connectivity index (χ2n) is 8.70. The van der Waals surface area contributed by atoms with E-state index in [-0.39, 0.29) is 23.9 Å². The minimum Gasteiger partial charge on any atom is -0.466 e. The molecule has 8 nitrogen and oxygen atoms in total. The molecule has 3 unspecified atom stereocenters. The number of anilines is 1. The number of halogens is 2. The molecule has 4 rings (SSSR count). The van der Waals surface area contributed by atoms with E-state index in [1.165, 1.54) is 0 Å². The minimum absolute atomic E-state index is 0.0674. The standard InChI is InChI=1S/C23H28BrClN2O6/c1-2-32-22(31)16-17-21(30)27(10-6-3-7-11-28)19(23(17)12-13(24)18(16)33-23)20(29)26-15-9-5-4-8-14(15)25/h4-5,8-9,13,16-19,28H,2-3,6-7,10-12H2,1H3,(H,26,29)/t13?,16-,17+,18-,19?,23?/m1/s1. The van der Waals surface area contributed by atoms with Gasteiger partial charge in [0.05, 0.1) is 35.3 Å². The van der Waals surface area contributed by atoms with Crippen molar-refractivity contribution >= 4 is 51.0 Å². The third-order valence-electron chi connectivity index (χ3n) is 6.79. The predicted octanol–water partition coefficient (Wildman–Crippen LogP) is 2.75. The average molecular weight is 544 g/mol. The molecule has 6 atom stereocenters. The monoisotopic (exact) mass is 542 g/mol. The summed E-state index contributed by atoms with van der Waals surface area (Å²) in [5, 5.41) is 12.3. The number of amides is 2. The molecule has 180 valence electrons. The van der Waals surface area contributed by atoms with E-state index in [4.69, 9.17) is 26.2 Å². The van der Waals surface area contributed by atoms with Crippen molar-refractivity contribution in [1.29, 1.82) is 0 Å². The number of likely N-dealkylation sites (tertiary alicyclic amines) is 1. The Labute approximate surface area is 206 Å². The Balaban J connectivity index is 1.68. The highest BCUT2D eigenvalue weighted by Gasteiger charge is 2.76. The van der Waals surface area contributed by atoms with Gasteiger partial charge in [-0.2, -0.15) is 0 Å². The first-order valence-corrected chi connectivity index (χ1v) is 12.6. The van der Waals surface area contributed by atoms with Gasteiger partial charge >= 0.3 is 5.97 Å². The number of unbranched alkanes of at least 4 members (excludes halogenated alkanes) is 2. The molecule has 33 heavy (non-hydrogen) atoms. The van der Waals surface area contributed by atoms with Crippen LogP contribution >= 0.6 is 27.5 Å². The first kappa shape index (κ1) is 24.4. The maximum absolute atomic E-state index is 13.7. The molecule has 0 saturated carbocycles. The average Bonchev–Trinajstić information content (AvgIpc) is 3.36. The van der Waals surface area contributed by atoms with E-state index in [0.717, 1.165) is 0 Å². The Morgan fingerprint density at radius 1 is 1.33 bits per heavy atom. The predicted molar refractivity (Wildman–Crippen MR) is 125 cm³/mol. The number of nitrogens with zero attached hydrogens (tertiary/aromatic N) is 1. The number of hydrogen-bond acceptors (Lipinski definition) is 6. The lowest BCUT2D eigenvalue weighted by atomic mass is 9.70. The van der Waals surface area contributed by atoms with Crippen LogP contribution in [-0.4, -0.2) is 70.1 Å². The Bertz CT molecular complexity index is 932. The first-order valence-electron chi connectivity index (χ1n) is 11.3. The molecule has 3 aliphatic heterocycles. The number of carbonyl (C=O) groups is 3. The van der Waals surface area contributed by atoms with Crippen LogP contribution in [-0.2, 0) is 23.9 Å². The van der Waals surface area contributed by atoms with Gasteiger partial charge in [0.2, 0.25) is 11.8 Å². The molecule has 1 aromatic rings. The van der Waals surface area contributed by atoms with Gasteiger partial charge in [-0.3, -0.25) is 14.4 Å². The van der Waals surface area contributed by atoms with Gasteiger partial charge in [-0.05, 0) is 44.7 Å². The fourth-order valence-electron chi connectivity index (χ4n) is 5.51. The van der Waals surface area contributed by atoms with E-state index in [1.54, 1.807) is 36.1 Å². The number of aliphatic hydroxyl groups excluding tert-OH is 1. The van der Waals surface area contributed by atoms with Gasteiger partial charge < -0.3 is 24.8 Å². The van der Waals surface area contributed by atoms with Crippen molar-refractivity contribution in [3.05, 3.63) is 29.3 Å². The maximum atomic E-state index is 13.7. The molecule has 3 heterocycles. The number of rotatable bonds is 9. The largest absolute Gasteiger partial charge is 0.466 e. The molecule has 1 aromatic carbocycles. The fourth-order valence-corrected chi connectivity index (χ4v) is 6.64. The highest BCUT2D eigenvalue weighted by atomic mass is 79.9. The van der Waals surface area contributed by atoms with E-state index >= 15 is 0 Å². The summed E-state index contributed by atoms with van der Waals surface area (Å²) < 4.78 is 11.6. The third-order valence-corrected chi connectivity index (χ3v) is 7.96. The van der Waals surface area contributed by atoms with E-state index in [2.05, 4.69) is 21.2 Å². The van der Waals surface area contributed by atoms with Crippen molar-refractivity contribution in [2.45, 2.75) is 55.2 Å². The highest BCUT2D eigenvalue weighted by molar-refractivity contribution is 9.09. The van der Waals surface area contributed by atoms with Gasteiger partial charge in [0.25, 0.3) is 0 Å². The number of para-hydroxylation sites is 1. The molecule has 10 heteroatoms. The quantitative estimate of drug-likeness (QED) is 0.282. The summed E-state index contributed by atoms with van der Waals surface area (Å²) in [5.74, 6) is -2.69. The van der Waals surface area contributed by atoms with Crippen LogP contribution in [0.3, 0.4) is 0 Å². The first-order chi connectivity index (χ1) is 15.9. The second kappa shape index (κ2) is 9.90. The van der Waals surface area contributed by atoms with Crippen LogP contribution in [0.15, 0.2) is 24.3 Å². The molecule has 0 aliphatic carbocycles. The molecule has 2 bridgehead atoms. The number of nitrogens with one attached hydrogen (secondary N) is 1. The normalized spacial score (nSPS) is 32.2. The highest BCUT2D eigenvalue weighted by Crippen LogP contribution is 2.60. The summed E-state index contributed by atoms with van der Waals surface area (Å²) in [5.41, 5.74) is -0.683. The maximum Gasteiger partial charge on any atom is 0.312 e. The van der Waals surface area contributed by atoms with Crippen molar-refractivity contribution in [3.63, 3.8) is 0 Å². The van der Waals surface area contributed by atoms with Crippen LogP contribution in [0.5, 0.6) is 0 Å². The van der Waals surface area contributed by atoms with Crippen LogP contribution in [0.1, 0.15) is 32.6 Å². The molecule has 3 aliphatic rings. The molecule has 3 fully saturated rings. The number of benzene rings is 1. The number of alkyl halides is 1. The summed E-state index contributed by atoms with van der Waals surface area (Å²) in [6.07, 6.45) is 1.84. The van der Waals surface area contributed by atoms with Gasteiger partial charge in [-0.15, -0.1) is 0 Å². The molecular formula is C23H28BrClN2O6. The van der Waals surface area contributed by atoms with Crippen molar-refractivity contribution in [1.82, 2.24) is 4.90 Å². The molecule has 2 amide bonds. The lowest BCUT2D eigenvalue weighted by Gasteiger charge is -2.34. The minimum atomic E-state index is -1.13. The Morgan fingerprint density at radius 2 is 2.09 bits per heavy atom. The van der Waals surface area contributed by atoms with Crippen molar-refractivity contribution < 1.29 is 29.0 Å². The molecule has 1 spiro atoms. The van der Waals surface area contributed by atoms with E-state index in [0.29, 0.717) is 42.9 Å². The Kier molecular flexibility index (Phi) is 7.33. The van der Waals surface area contributed by atoms with E-state index in [9.17, 15) is 14.4 Å². The molecule has 3 saturated heterocycles. The fraction of sp³-hybridized carbons (Fsp3) is 0.609. The number of aliphatic hydroxyl groups is 1. The van der Waals surface area contributed by atoms with Crippen molar-refractivity contribution in [2.24, 2.45) is 11.8 Å². The summed E-state index contributed by atoms with van der Waals surface area (Å²) in [7, 11) is 0. The van der Waals surface area contributed by atoms with Gasteiger partial charge in [-0.1, -0.05) is 39.7 Å².